The standard InChI is InChI=1S/C13H18N2O2S/c1-9-11(5-3-7-13(9)15(16)17)14-12-6-4-8-18-10(12)2/h3,5,7,10,12,14H,4,6,8H2,1-2H3. The van der Waals surface area contributed by atoms with Gasteiger partial charge in [-0.05, 0) is 31.6 Å². The Morgan fingerprint density at radius 3 is 2.94 bits per heavy atom. The minimum atomic E-state index is -0.320. The van der Waals surface area contributed by atoms with E-state index < -0.39 is 0 Å². The molecular weight excluding hydrogens is 248 g/mol. The third-order valence-corrected chi connectivity index (χ3v) is 4.83. The Bertz CT molecular complexity index is 451. The largest absolute Gasteiger partial charge is 0.381 e. The molecule has 2 rings (SSSR count). The molecule has 1 N–H and O–H groups in total. The monoisotopic (exact) mass is 266 g/mol. The van der Waals surface area contributed by atoms with Crippen LogP contribution in [0.1, 0.15) is 25.3 Å². The van der Waals surface area contributed by atoms with Gasteiger partial charge in [0.25, 0.3) is 5.69 Å². The van der Waals surface area contributed by atoms with E-state index in [0.29, 0.717) is 11.3 Å². The first kappa shape index (κ1) is 13.2. The number of hydrogen-bond acceptors (Lipinski definition) is 4. The zero-order valence-electron chi connectivity index (χ0n) is 10.7. The van der Waals surface area contributed by atoms with Crippen molar-refractivity contribution in [3.63, 3.8) is 0 Å². The molecule has 1 aromatic carbocycles. The number of nitro groups is 1. The maximum atomic E-state index is 10.9. The summed E-state index contributed by atoms with van der Waals surface area (Å²) in [5.74, 6) is 1.22. The van der Waals surface area contributed by atoms with Crippen LogP contribution in [-0.2, 0) is 0 Å². The van der Waals surface area contributed by atoms with Crippen molar-refractivity contribution in [2.45, 2.75) is 38.0 Å². The van der Waals surface area contributed by atoms with E-state index in [-0.39, 0.29) is 10.6 Å². The third kappa shape index (κ3) is 2.77. The minimum Gasteiger partial charge on any atom is -0.381 e. The Morgan fingerprint density at radius 2 is 2.28 bits per heavy atom. The van der Waals surface area contributed by atoms with Gasteiger partial charge in [-0.15, -0.1) is 0 Å². The fourth-order valence-electron chi connectivity index (χ4n) is 2.29. The fourth-order valence-corrected chi connectivity index (χ4v) is 3.43. The smallest absolute Gasteiger partial charge is 0.274 e. The van der Waals surface area contributed by atoms with Crippen LogP contribution in [0.5, 0.6) is 0 Å². The maximum absolute atomic E-state index is 10.9. The number of benzene rings is 1. The van der Waals surface area contributed by atoms with Crippen LogP contribution in [0, 0.1) is 17.0 Å². The molecule has 2 unspecified atom stereocenters. The van der Waals surface area contributed by atoms with Gasteiger partial charge in [0.1, 0.15) is 0 Å². The SMILES string of the molecule is Cc1c(NC2CCCSC2C)cccc1[N+](=O)[O-]. The van der Waals surface area contributed by atoms with E-state index in [1.807, 2.05) is 17.8 Å². The first-order valence-corrected chi connectivity index (χ1v) is 7.26. The Balaban J connectivity index is 2.18. The zero-order chi connectivity index (χ0) is 13.1. The Hall–Kier alpha value is -1.23. The molecule has 98 valence electrons. The van der Waals surface area contributed by atoms with E-state index in [2.05, 4.69) is 12.2 Å². The molecule has 18 heavy (non-hydrogen) atoms. The highest BCUT2D eigenvalue weighted by Crippen LogP contribution is 2.31. The molecule has 1 aliphatic heterocycles. The van der Waals surface area contributed by atoms with Gasteiger partial charge in [0, 0.05) is 28.6 Å². The van der Waals surface area contributed by atoms with Crippen molar-refractivity contribution in [1.82, 2.24) is 0 Å². The first-order chi connectivity index (χ1) is 8.59. The summed E-state index contributed by atoms with van der Waals surface area (Å²) in [5.41, 5.74) is 1.81. The van der Waals surface area contributed by atoms with Crippen LogP contribution >= 0.6 is 11.8 Å². The summed E-state index contributed by atoms with van der Waals surface area (Å²) in [6.07, 6.45) is 2.34. The lowest BCUT2D eigenvalue weighted by Crippen LogP contribution is -2.33. The van der Waals surface area contributed by atoms with Gasteiger partial charge in [-0.1, -0.05) is 13.0 Å². The minimum absolute atomic E-state index is 0.191. The molecule has 0 spiro atoms. The molecule has 2 atom stereocenters. The molecule has 0 aliphatic carbocycles. The number of thioether (sulfide) groups is 1. The molecule has 0 saturated carbocycles. The summed E-state index contributed by atoms with van der Waals surface area (Å²) in [5, 5.41) is 14.9. The van der Waals surface area contributed by atoms with Gasteiger partial charge in [-0.3, -0.25) is 10.1 Å². The highest BCUT2D eigenvalue weighted by Gasteiger charge is 2.23. The van der Waals surface area contributed by atoms with Crippen molar-refractivity contribution in [2.75, 3.05) is 11.1 Å². The number of nitrogens with zero attached hydrogens (tertiary/aromatic N) is 1. The van der Waals surface area contributed by atoms with E-state index in [9.17, 15) is 10.1 Å². The van der Waals surface area contributed by atoms with Crippen molar-refractivity contribution >= 4 is 23.1 Å². The molecule has 1 aromatic rings. The van der Waals surface area contributed by atoms with Crippen LogP contribution in [0.4, 0.5) is 11.4 Å². The second-order valence-electron chi connectivity index (χ2n) is 4.68. The van der Waals surface area contributed by atoms with Crippen molar-refractivity contribution in [1.29, 1.82) is 0 Å². The normalized spacial score (nSPS) is 23.7. The molecule has 1 fully saturated rings. The molecule has 1 saturated heterocycles. The van der Waals surface area contributed by atoms with E-state index in [1.54, 1.807) is 19.1 Å². The molecule has 4 nitrogen and oxygen atoms in total. The quantitative estimate of drug-likeness (QED) is 0.671. The van der Waals surface area contributed by atoms with Crippen LogP contribution in [0.25, 0.3) is 0 Å². The van der Waals surface area contributed by atoms with Gasteiger partial charge in [0.05, 0.1) is 4.92 Å². The molecule has 0 amide bonds. The van der Waals surface area contributed by atoms with Crippen molar-refractivity contribution < 1.29 is 4.92 Å². The average Bonchev–Trinajstić information content (AvgIpc) is 2.34. The molecule has 1 heterocycles. The highest BCUT2D eigenvalue weighted by atomic mass is 32.2. The molecule has 5 heteroatoms. The summed E-state index contributed by atoms with van der Waals surface area (Å²) >= 11 is 1.97. The summed E-state index contributed by atoms with van der Waals surface area (Å²) in [6.45, 7) is 4.02. The van der Waals surface area contributed by atoms with E-state index >= 15 is 0 Å². The lowest BCUT2D eigenvalue weighted by atomic mass is 10.1. The molecule has 0 aromatic heterocycles. The van der Waals surface area contributed by atoms with E-state index in [0.717, 1.165) is 17.7 Å². The van der Waals surface area contributed by atoms with Crippen LogP contribution in [0.2, 0.25) is 0 Å². The summed E-state index contributed by atoms with van der Waals surface area (Å²) < 4.78 is 0. The highest BCUT2D eigenvalue weighted by molar-refractivity contribution is 8.00. The van der Waals surface area contributed by atoms with Gasteiger partial charge in [-0.2, -0.15) is 11.8 Å². The Kier molecular flexibility index (Phi) is 4.11. The van der Waals surface area contributed by atoms with Gasteiger partial charge in [0.15, 0.2) is 0 Å². The van der Waals surface area contributed by atoms with Crippen LogP contribution < -0.4 is 5.32 Å². The predicted molar refractivity (Wildman–Crippen MR) is 76.4 cm³/mol. The number of nitrogens with one attached hydrogen (secondary N) is 1. The van der Waals surface area contributed by atoms with Crippen molar-refractivity contribution in [3.8, 4) is 0 Å². The first-order valence-electron chi connectivity index (χ1n) is 6.21. The lowest BCUT2D eigenvalue weighted by Gasteiger charge is -2.30. The average molecular weight is 266 g/mol. The predicted octanol–water partition coefficient (Wildman–Crippen LogP) is 3.60. The molecule has 1 aliphatic rings. The molecular formula is C13H18N2O2S. The summed E-state index contributed by atoms with van der Waals surface area (Å²) in [4.78, 5) is 10.6. The van der Waals surface area contributed by atoms with Crippen molar-refractivity contribution in [2.24, 2.45) is 0 Å². The van der Waals surface area contributed by atoms with Crippen LogP contribution in [0.15, 0.2) is 18.2 Å². The second kappa shape index (κ2) is 5.61. The fraction of sp³-hybridized carbons (Fsp3) is 0.538. The second-order valence-corrected chi connectivity index (χ2v) is 6.16. The molecule has 0 radical (unpaired) electrons. The van der Waals surface area contributed by atoms with Gasteiger partial charge in [-0.25, -0.2) is 0 Å². The number of rotatable bonds is 3. The zero-order valence-corrected chi connectivity index (χ0v) is 11.5. The Labute approximate surface area is 111 Å². The van der Waals surface area contributed by atoms with Gasteiger partial charge in [0.2, 0.25) is 0 Å². The Morgan fingerprint density at radius 1 is 1.50 bits per heavy atom. The van der Waals surface area contributed by atoms with Gasteiger partial charge < -0.3 is 5.32 Å². The number of hydrogen-bond donors (Lipinski definition) is 1. The topological polar surface area (TPSA) is 55.2 Å². The van der Waals surface area contributed by atoms with Crippen molar-refractivity contribution in [3.05, 3.63) is 33.9 Å². The summed E-state index contributed by atoms with van der Waals surface area (Å²) in [7, 11) is 0. The summed E-state index contributed by atoms with van der Waals surface area (Å²) in [6, 6.07) is 5.63. The van der Waals surface area contributed by atoms with E-state index in [1.165, 1.54) is 12.2 Å². The van der Waals surface area contributed by atoms with Gasteiger partial charge >= 0.3 is 0 Å². The number of anilines is 1. The van der Waals surface area contributed by atoms with Crippen LogP contribution in [0.3, 0.4) is 0 Å². The van der Waals surface area contributed by atoms with Crippen LogP contribution in [-0.4, -0.2) is 22.0 Å². The third-order valence-electron chi connectivity index (χ3n) is 3.45. The lowest BCUT2D eigenvalue weighted by molar-refractivity contribution is -0.385. The maximum Gasteiger partial charge on any atom is 0.274 e. The number of nitro benzene ring substituents is 1. The van der Waals surface area contributed by atoms with E-state index in [4.69, 9.17) is 0 Å². The molecule has 0 bridgehead atoms.